The van der Waals surface area contributed by atoms with Crippen molar-refractivity contribution in [2.45, 2.75) is 12.8 Å². The summed E-state index contributed by atoms with van der Waals surface area (Å²) in [5.74, 6) is 0.451. The molecule has 27 heavy (non-hydrogen) atoms. The van der Waals surface area contributed by atoms with Crippen LogP contribution in [0.2, 0.25) is 0 Å². The summed E-state index contributed by atoms with van der Waals surface area (Å²) in [6.07, 6.45) is 2.21. The lowest BCUT2D eigenvalue weighted by atomic mass is 10.2. The number of rotatable bonds is 6. The van der Waals surface area contributed by atoms with E-state index in [1.54, 1.807) is 0 Å². The molecule has 0 atom stereocenters. The number of anilines is 1. The summed E-state index contributed by atoms with van der Waals surface area (Å²) in [6, 6.07) is 6.68. The van der Waals surface area contributed by atoms with Gasteiger partial charge >= 0.3 is 0 Å². The molecule has 0 radical (unpaired) electrons. The predicted octanol–water partition coefficient (Wildman–Crippen LogP) is 1.99. The number of aliphatic imine (C=N–C) groups is 1. The molecule has 0 saturated carbocycles. The smallest absolute Gasteiger partial charge is 0.191 e. The molecule has 0 amide bonds. The molecule has 6 nitrogen and oxygen atoms in total. The molecule has 2 N–H and O–H groups in total. The first-order valence-electron chi connectivity index (χ1n) is 9.58. The summed E-state index contributed by atoms with van der Waals surface area (Å²) < 4.78 is 18.4. The molecule has 2 fully saturated rings. The molecule has 8 heteroatoms. The van der Waals surface area contributed by atoms with Gasteiger partial charge in [0.2, 0.25) is 0 Å². The molecule has 0 bridgehead atoms. The molecule has 1 aromatic carbocycles. The highest BCUT2D eigenvalue weighted by atomic mass is 127. The zero-order valence-corrected chi connectivity index (χ0v) is 18.2. The molecule has 2 heterocycles. The van der Waals surface area contributed by atoms with Gasteiger partial charge in [0.05, 0.1) is 13.2 Å². The Labute approximate surface area is 178 Å². The normalized spacial score (nSPS) is 19.1. The van der Waals surface area contributed by atoms with Crippen LogP contribution in [0.4, 0.5) is 10.1 Å². The van der Waals surface area contributed by atoms with Crippen molar-refractivity contribution >= 4 is 35.6 Å². The van der Waals surface area contributed by atoms with Crippen molar-refractivity contribution in [3.8, 4) is 0 Å². The van der Waals surface area contributed by atoms with Crippen molar-refractivity contribution in [3.63, 3.8) is 0 Å². The van der Waals surface area contributed by atoms with Gasteiger partial charge in [-0.3, -0.25) is 9.89 Å². The van der Waals surface area contributed by atoms with Gasteiger partial charge in [0.15, 0.2) is 5.96 Å². The van der Waals surface area contributed by atoms with Crippen LogP contribution in [-0.2, 0) is 4.74 Å². The Balaban J connectivity index is 0.00000261. The Hall–Kier alpha value is -1.13. The second-order valence-electron chi connectivity index (χ2n) is 6.85. The first-order valence-corrected chi connectivity index (χ1v) is 9.58. The van der Waals surface area contributed by atoms with Crippen LogP contribution in [0.5, 0.6) is 0 Å². The number of unbranched alkanes of at least 4 members (excludes halogenated alkanes) is 1. The van der Waals surface area contributed by atoms with Gasteiger partial charge in [-0.1, -0.05) is 0 Å². The average molecular weight is 491 g/mol. The van der Waals surface area contributed by atoms with Gasteiger partial charge in [-0.15, -0.1) is 24.0 Å². The second-order valence-corrected chi connectivity index (χ2v) is 6.85. The van der Waals surface area contributed by atoms with E-state index in [0.29, 0.717) is 5.96 Å². The zero-order chi connectivity index (χ0) is 18.2. The van der Waals surface area contributed by atoms with E-state index in [1.807, 2.05) is 12.1 Å². The summed E-state index contributed by atoms with van der Waals surface area (Å²) in [5, 5.41) is 0. The summed E-state index contributed by atoms with van der Waals surface area (Å²) in [5.41, 5.74) is 7.22. The minimum Gasteiger partial charge on any atom is -0.379 e. The van der Waals surface area contributed by atoms with E-state index in [2.05, 4.69) is 19.7 Å². The Morgan fingerprint density at radius 1 is 1.00 bits per heavy atom. The molecule has 152 valence electrons. The standard InChI is InChI=1S/C19H30FN5O.HI/c20-17-3-5-18(6-4-17)24-9-11-25(12-10-24)19(21)22-7-1-2-8-23-13-15-26-16-14-23;/h3-6H,1-2,7-16H2,(H2,21,22);1H. The maximum Gasteiger partial charge on any atom is 0.191 e. The van der Waals surface area contributed by atoms with Gasteiger partial charge in [0, 0.05) is 51.5 Å². The van der Waals surface area contributed by atoms with Gasteiger partial charge in [0.25, 0.3) is 0 Å². The van der Waals surface area contributed by atoms with E-state index >= 15 is 0 Å². The number of ether oxygens (including phenoxy) is 1. The molecule has 0 unspecified atom stereocenters. The number of hydrogen-bond donors (Lipinski definition) is 1. The zero-order valence-electron chi connectivity index (χ0n) is 15.9. The van der Waals surface area contributed by atoms with Crippen molar-refractivity contribution in [2.24, 2.45) is 10.7 Å². The second kappa shape index (κ2) is 11.7. The summed E-state index contributed by atoms with van der Waals surface area (Å²) in [6.45, 7) is 9.15. The van der Waals surface area contributed by atoms with E-state index in [9.17, 15) is 4.39 Å². The fourth-order valence-corrected chi connectivity index (χ4v) is 3.41. The van der Waals surface area contributed by atoms with Crippen LogP contribution in [-0.4, -0.2) is 81.3 Å². The lowest BCUT2D eigenvalue weighted by Crippen LogP contribution is -2.51. The highest BCUT2D eigenvalue weighted by Gasteiger charge is 2.18. The monoisotopic (exact) mass is 491 g/mol. The van der Waals surface area contributed by atoms with Crippen LogP contribution in [0.1, 0.15) is 12.8 Å². The van der Waals surface area contributed by atoms with Crippen LogP contribution < -0.4 is 10.6 Å². The van der Waals surface area contributed by atoms with Crippen molar-refractivity contribution < 1.29 is 9.13 Å². The Morgan fingerprint density at radius 2 is 1.67 bits per heavy atom. The lowest BCUT2D eigenvalue weighted by Gasteiger charge is -2.36. The first kappa shape index (κ1) is 22.2. The summed E-state index contributed by atoms with van der Waals surface area (Å²) >= 11 is 0. The quantitative estimate of drug-likeness (QED) is 0.286. The SMILES string of the molecule is I.NC(=NCCCCN1CCOCC1)N1CCN(c2ccc(F)cc2)CC1. The topological polar surface area (TPSA) is 57.3 Å². The van der Waals surface area contributed by atoms with Crippen molar-refractivity contribution in [1.82, 2.24) is 9.80 Å². The van der Waals surface area contributed by atoms with Crippen LogP contribution in [0.25, 0.3) is 0 Å². The third-order valence-electron chi connectivity index (χ3n) is 5.06. The van der Waals surface area contributed by atoms with Crippen LogP contribution in [0.15, 0.2) is 29.3 Å². The van der Waals surface area contributed by atoms with Crippen LogP contribution in [0, 0.1) is 5.82 Å². The van der Waals surface area contributed by atoms with E-state index in [1.165, 1.54) is 12.1 Å². The van der Waals surface area contributed by atoms with Gasteiger partial charge < -0.3 is 20.3 Å². The molecule has 3 rings (SSSR count). The van der Waals surface area contributed by atoms with E-state index < -0.39 is 0 Å². The summed E-state index contributed by atoms with van der Waals surface area (Å²) in [7, 11) is 0. The highest BCUT2D eigenvalue weighted by molar-refractivity contribution is 14.0. The van der Waals surface area contributed by atoms with Gasteiger partial charge in [-0.05, 0) is 43.7 Å². The van der Waals surface area contributed by atoms with Crippen LogP contribution in [0.3, 0.4) is 0 Å². The molecule has 2 aliphatic heterocycles. The fourth-order valence-electron chi connectivity index (χ4n) is 3.41. The molecule has 2 saturated heterocycles. The third kappa shape index (κ3) is 7.08. The van der Waals surface area contributed by atoms with E-state index in [-0.39, 0.29) is 29.8 Å². The molecule has 1 aromatic rings. The minimum atomic E-state index is -0.197. The third-order valence-corrected chi connectivity index (χ3v) is 5.06. The largest absolute Gasteiger partial charge is 0.379 e. The molecular formula is C19H31FIN5O. The Kier molecular flexibility index (Phi) is 9.57. The van der Waals surface area contributed by atoms with Crippen molar-refractivity contribution in [3.05, 3.63) is 30.1 Å². The Morgan fingerprint density at radius 3 is 2.33 bits per heavy atom. The molecule has 2 aliphatic rings. The average Bonchev–Trinajstić information content (AvgIpc) is 2.69. The van der Waals surface area contributed by atoms with Gasteiger partial charge in [-0.25, -0.2) is 4.39 Å². The first-order chi connectivity index (χ1) is 12.7. The lowest BCUT2D eigenvalue weighted by molar-refractivity contribution is 0.0373. The Bertz CT molecular complexity index is 572. The number of hydrogen-bond acceptors (Lipinski definition) is 4. The number of piperazine rings is 1. The number of morpholine rings is 1. The van der Waals surface area contributed by atoms with Gasteiger partial charge in [-0.2, -0.15) is 0 Å². The number of halogens is 2. The maximum absolute atomic E-state index is 13.0. The van der Waals surface area contributed by atoms with Crippen molar-refractivity contribution in [1.29, 1.82) is 0 Å². The van der Waals surface area contributed by atoms with Crippen LogP contribution >= 0.6 is 24.0 Å². The van der Waals surface area contributed by atoms with E-state index in [0.717, 1.165) is 84.1 Å². The van der Waals surface area contributed by atoms with E-state index in [4.69, 9.17) is 10.5 Å². The number of benzene rings is 1. The summed E-state index contributed by atoms with van der Waals surface area (Å²) in [4.78, 5) is 11.4. The number of guanidine groups is 1. The number of nitrogens with zero attached hydrogens (tertiary/aromatic N) is 4. The molecule has 0 spiro atoms. The number of nitrogens with two attached hydrogens (primary N) is 1. The highest BCUT2D eigenvalue weighted by Crippen LogP contribution is 2.16. The molecule has 0 aromatic heterocycles. The maximum atomic E-state index is 13.0. The predicted molar refractivity (Wildman–Crippen MR) is 119 cm³/mol. The van der Waals surface area contributed by atoms with Gasteiger partial charge in [0.1, 0.15) is 5.82 Å². The van der Waals surface area contributed by atoms with Crippen molar-refractivity contribution in [2.75, 3.05) is 70.5 Å². The minimum absolute atomic E-state index is 0. The molecular weight excluding hydrogens is 460 g/mol. The fraction of sp³-hybridized carbons (Fsp3) is 0.632. The molecule has 0 aliphatic carbocycles.